The SMILES string of the molecule is CCCCN1C(=O)C(CC(=O)NCCc2ccccn2)CC(C(=O)N(CC)CC)=C1C. The third-order valence-electron chi connectivity index (χ3n) is 5.81. The quantitative estimate of drug-likeness (QED) is 0.587. The molecule has 1 N–H and O–H groups in total. The van der Waals surface area contributed by atoms with Crippen molar-refractivity contribution in [1.82, 2.24) is 20.1 Å². The third kappa shape index (κ3) is 6.64. The molecule has 170 valence electrons. The molecular formula is C24H36N4O3. The van der Waals surface area contributed by atoms with Gasteiger partial charge < -0.3 is 15.1 Å². The second-order valence-electron chi connectivity index (χ2n) is 7.91. The van der Waals surface area contributed by atoms with Crippen LogP contribution >= 0.6 is 0 Å². The van der Waals surface area contributed by atoms with E-state index < -0.39 is 5.92 Å². The lowest BCUT2D eigenvalue weighted by molar-refractivity contribution is -0.138. The van der Waals surface area contributed by atoms with E-state index in [1.54, 1.807) is 16.0 Å². The van der Waals surface area contributed by atoms with Crippen LogP contribution in [0, 0.1) is 5.92 Å². The number of likely N-dealkylation sites (N-methyl/N-ethyl adjacent to an activating group) is 1. The smallest absolute Gasteiger partial charge is 0.251 e. The molecule has 0 radical (unpaired) electrons. The lowest BCUT2D eigenvalue weighted by Crippen LogP contribution is -2.45. The maximum Gasteiger partial charge on any atom is 0.251 e. The van der Waals surface area contributed by atoms with Gasteiger partial charge in [-0.2, -0.15) is 0 Å². The van der Waals surface area contributed by atoms with Crippen LogP contribution in [-0.2, 0) is 20.8 Å². The summed E-state index contributed by atoms with van der Waals surface area (Å²) < 4.78 is 0. The van der Waals surface area contributed by atoms with Crippen molar-refractivity contribution in [2.75, 3.05) is 26.2 Å². The molecule has 0 spiro atoms. The van der Waals surface area contributed by atoms with Gasteiger partial charge in [0, 0.05) is 62.2 Å². The van der Waals surface area contributed by atoms with Crippen LogP contribution in [0.25, 0.3) is 0 Å². The standard InChI is InChI=1S/C24H36N4O3/c1-5-8-15-28-18(4)21(24(31)27(6-2)7-3)16-19(23(28)30)17-22(29)26-14-12-20-11-9-10-13-25-20/h9-11,13,19H,5-8,12,14-17H2,1-4H3,(H,26,29). The fourth-order valence-electron chi connectivity index (χ4n) is 3.90. The molecule has 31 heavy (non-hydrogen) atoms. The molecule has 0 bridgehead atoms. The monoisotopic (exact) mass is 428 g/mol. The number of rotatable bonds is 11. The fourth-order valence-corrected chi connectivity index (χ4v) is 3.90. The molecule has 7 nitrogen and oxygen atoms in total. The predicted molar refractivity (Wildman–Crippen MR) is 121 cm³/mol. The van der Waals surface area contributed by atoms with E-state index in [-0.39, 0.29) is 24.1 Å². The first-order valence-corrected chi connectivity index (χ1v) is 11.4. The number of amides is 3. The van der Waals surface area contributed by atoms with Crippen molar-refractivity contribution < 1.29 is 14.4 Å². The highest BCUT2D eigenvalue weighted by atomic mass is 16.2. The van der Waals surface area contributed by atoms with Crippen molar-refractivity contribution in [1.29, 1.82) is 0 Å². The Morgan fingerprint density at radius 2 is 1.97 bits per heavy atom. The van der Waals surface area contributed by atoms with Gasteiger partial charge in [-0.15, -0.1) is 0 Å². The minimum Gasteiger partial charge on any atom is -0.356 e. The van der Waals surface area contributed by atoms with Gasteiger partial charge in [-0.05, 0) is 45.7 Å². The Morgan fingerprint density at radius 1 is 1.23 bits per heavy atom. The number of allylic oxidation sites excluding steroid dienone is 1. The molecule has 0 saturated heterocycles. The van der Waals surface area contributed by atoms with E-state index in [1.807, 2.05) is 39.0 Å². The number of unbranched alkanes of at least 4 members (excludes halogenated alkanes) is 1. The van der Waals surface area contributed by atoms with E-state index in [0.717, 1.165) is 24.2 Å². The minimum absolute atomic E-state index is 0.0305. The Bertz CT molecular complexity index is 787. The van der Waals surface area contributed by atoms with E-state index in [9.17, 15) is 14.4 Å². The second-order valence-corrected chi connectivity index (χ2v) is 7.91. The molecule has 0 fully saturated rings. The van der Waals surface area contributed by atoms with Gasteiger partial charge in [0.05, 0.1) is 5.92 Å². The van der Waals surface area contributed by atoms with Crippen LogP contribution < -0.4 is 5.32 Å². The van der Waals surface area contributed by atoms with Gasteiger partial charge in [0.25, 0.3) is 5.91 Å². The first-order valence-electron chi connectivity index (χ1n) is 11.4. The molecule has 1 aliphatic heterocycles. The number of carbonyl (C=O) groups excluding carboxylic acids is 3. The zero-order chi connectivity index (χ0) is 22.8. The summed E-state index contributed by atoms with van der Waals surface area (Å²) >= 11 is 0. The lowest BCUT2D eigenvalue weighted by atomic mass is 9.88. The zero-order valence-electron chi connectivity index (χ0n) is 19.3. The first kappa shape index (κ1) is 24.6. The van der Waals surface area contributed by atoms with Crippen molar-refractivity contribution in [3.63, 3.8) is 0 Å². The van der Waals surface area contributed by atoms with Crippen molar-refractivity contribution in [2.24, 2.45) is 5.92 Å². The molecule has 2 rings (SSSR count). The molecule has 1 aromatic rings. The number of hydrogen-bond acceptors (Lipinski definition) is 4. The Balaban J connectivity index is 2.08. The van der Waals surface area contributed by atoms with Gasteiger partial charge in [0.2, 0.25) is 11.8 Å². The van der Waals surface area contributed by atoms with Crippen molar-refractivity contribution >= 4 is 17.7 Å². The summed E-state index contributed by atoms with van der Waals surface area (Å²) in [7, 11) is 0. The largest absolute Gasteiger partial charge is 0.356 e. The third-order valence-corrected chi connectivity index (χ3v) is 5.81. The summed E-state index contributed by atoms with van der Waals surface area (Å²) in [5.74, 6) is -0.761. The topological polar surface area (TPSA) is 82.6 Å². The van der Waals surface area contributed by atoms with E-state index in [4.69, 9.17) is 0 Å². The van der Waals surface area contributed by atoms with Gasteiger partial charge in [0.1, 0.15) is 0 Å². The average molecular weight is 429 g/mol. The first-order chi connectivity index (χ1) is 14.9. The van der Waals surface area contributed by atoms with Crippen LogP contribution in [0.15, 0.2) is 35.7 Å². The number of nitrogens with zero attached hydrogens (tertiary/aromatic N) is 3. The van der Waals surface area contributed by atoms with Crippen LogP contribution in [0.5, 0.6) is 0 Å². The molecule has 0 aromatic carbocycles. The van der Waals surface area contributed by atoms with Crippen molar-refractivity contribution in [3.8, 4) is 0 Å². The molecule has 0 saturated carbocycles. The number of pyridine rings is 1. The lowest BCUT2D eigenvalue weighted by Gasteiger charge is -2.36. The Kier molecular flexibility index (Phi) is 9.69. The molecule has 2 heterocycles. The summed E-state index contributed by atoms with van der Waals surface area (Å²) in [6, 6.07) is 5.69. The molecule has 1 atom stereocenters. The Hall–Kier alpha value is -2.70. The number of nitrogens with one attached hydrogen (secondary N) is 1. The van der Waals surface area contributed by atoms with Gasteiger partial charge >= 0.3 is 0 Å². The minimum atomic E-state index is -0.509. The molecule has 1 aromatic heterocycles. The predicted octanol–water partition coefficient (Wildman–Crippen LogP) is 2.92. The molecule has 7 heteroatoms. The molecule has 3 amide bonds. The average Bonchev–Trinajstić information content (AvgIpc) is 2.77. The van der Waals surface area contributed by atoms with Gasteiger partial charge in [0.15, 0.2) is 0 Å². The number of aromatic nitrogens is 1. The van der Waals surface area contributed by atoms with Gasteiger partial charge in [-0.3, -0.25) is 19.4 Å². The van der Waals surface area contributed by atoms with Crippen LogP contribution in [0.2, 0.25) is 0 Å². The van der Waals surface area contributed by atoms with Crippen molar-refractivity contribution in [3.05, 3.63) is 41.4 Å². The Labute approximate surface area is 185 Å². The fraction of sp³-hybridized carbons (Fsp3) is 0.583. The molecular weight excluding hydrogens is 392 g/mol. The van der Waals surface area contributed by atoms with Crippen LogP contribution in [0.3, 0.4) is 0 Å². The second kappa shape index (κ2) is 12.2. The van der Waals surface area contributed by atoms with E-state index in [1.165, 1.54) is 0 Å². The summed E-state index contributed by atoms with van der Waals surface area (Å²) in [6.07, 6.45) is 4.58. The van der Waals surface area contributed by atoms with Crippen LogP contribution in [-0.4, -0.2) is 58.7 Å². The number of carbonyl (C=O) groups is 3. The van der Waals surface area contributed by atoms with Gasteiger partial charge in [-0.1, -0.05) is 19.4 Å². The summed E-state index contributed by atoms with van der Waals surface area (Å²) in [5.41, 5.74) is 2.31. The summed E-state index contributed by atoms with van der Waals surface area (Å²) in [4.78, 5) is 46.5. The maximum atomic E-state index is 13.1. The molecule has 0 aliphatic carbocycles. The van der Waals surface area contributed by atoms with E-state index in [2.05, 4.69) is 17.2 Å². The van der Waals surface area contributed by atoms with E-state index in [0.29, 0.717) is 44.6 Å². The summed E-state index contributed by atoms with van der Waals surface area (Å²) in [5, 5.41) is 2.90. The zero-order valence-corrected chi connectivity index (χ0v) is 19.3. The Morgan fingerprint density at radius 3 is 2.58 bits per heavy atom. The van der Waals surface area contributed by atoms with Gasteiger partial charge in [-0.25, -0.2) is 0 Å². The molecule has 1 unspecified atom stereocenters. The highest BCUT2D eigenvalue weighted by molar-refractivity contribution is 5.98. The maximum absolute atomic E-state index is 13.1. The summed E-state index contributed by atoms with van der Waals surface area (Å²) in [6.45, 7) is 10.1. The van der Waals surface area contributed by atoms with Crippen LogP contribution in [0.1, 0.15) is 59.1 Å². The highest BCUT2D eigenvalue weighted by Crippen LogP contribution is 2.31. The van der Waals surface area contributed by atoms with E-state index >= 15 is 0 Å². The van der Waals surface area contributed by atoms with Crippen LogP contribution in [0.4, 0.5) is 0 Å². The molecule has 1 aliphatic rings. The number of hydrogen-bond donors (Lipinski definition) is 1. The normalized spacial score (nSPS) is 16.5. The van der Waals surface area contributed by atoms with Crippen molar-refractivity contribution in [2.45, 2.75) is 59.8 Å². The highest BCUT2D eigenvalue weighted by Gasteiger charge is 2.37.